The summed E-state index contributed by atoms with van der Waals surface area (Å²) in [5.41, 5.74) is 0.200. The number of nitrogens with zero attached hydrogens (tertiary/aromatic N) is 2. The molecule has 0 saturated carbocycles. The standard InChI is InChI=1S/C22H16Cl2N4O4/c1-2-28-10-14(21(31)27-22(32)26-16-8-11(23)5-6-15(16)24)20(30)13-9-17(29)18-12(19(13)28)4-3-7-25-18/h3-10,29H,2H2,1H3,(H2,26,27,31,32). The van der Waals surface area contributed by atoms with Crippen molar-refractivity contribution in [1.29, 1.82) is 0 Å². The molecule has 0 spiro atoms. The molecular formula is C22H16Cl2N4O4. The maximum absolute atomic E-state index is 13.1. The first-order chi connectivity index (χ1) is 15.3. The van der Waals surface area contributed by atoms with Gasteiger partial charge in [0.25, 0.3) is 5.91 Å². The molecule has 0 saturated heterocycles. The van der Waals surface area contributed by atoms with Gasteiger partial charge in [-0.3, -0.25) is 19.9 Å². The maximum atomic E-state index is 13.1. The lowest BCUT2D eigenvalue weighted by atomic mass is 10.1. The molecule has 10 heteroatoms. The van der Waals surface area contributed by atoms with Crippen molar-refractivity contribution in [3.8, 4) is 5.75 Å². The maximum Gasteiger partial charge on any atom is 0.326 e. The van der Waals surface area contributed by atoms with E-state index in [9.17, 15) is 19.5 Å². The Hall–Kier alpha value is -3.62. The third-order valence-corrected chi connectivity index (χ3v) is 5.46. The molecule has 0 unspecified atom stereocenters. The Kier molecular flexibility index (Phi) is 5.73. The van der Waals surface area contributed by atoms with E-state index in [1.807, 2.05) is 6.92 Å². The number of halogens is 2. The van der Waals surface area contributed by atoms with Gasteiger partial charge in [-0.2, -0.15) is 0 Å². The molecule has 0 bridgehead atoms. The Morgan fingerprint density at radius 3 is 2.69 bits per heavy atom. The third-order valence-electron chi connectivity index (χ3n) is 4.89. The molecule has 3 N–H and O–H groups in total. The number of rotatable bonds is 3. The summed E-state index contributed by atoms with van der Waals surface area (Å²) >= 11 is 11.9. The smallest absolute Gasteiger partial charge is 0.326 e. The van der Waals surface area contributed by atoms with Gasteiger partial charge in [-0.1, -0.05) is 23.2 Å². The number of aromatic nitrogens is 2. The normalized spacial score (nSPS) is 11.0. The lowest BCUT2D eigenvalue weighted by molar-refractivity contribution is 0.0965. The number of carbonyl (C=O) groups is 2. The van der Waals surface area contributed by atoms with Gasteiger partial charge in [-0.05, 0) is 43.3 Å². The van der Waals surface area contributed by atoms with Crippen LogP contribution in [0.15, 0.2) is 53.6 Å². The largest absolute Gasteiger partial charge is 0.506 e. The van der Waals surface area contributed by atoms with E-state index in [-0.39, 0.29) is 27.4 Å². The van der Waals surface area contributed by atoms with Gasteiger partial charge in [-0.15, -0.1) is 0 Å². The fourth-order valence-corrected chi connectivity index (χ4v) is 3.79. The summed E-state index contributed by atoms with van der Waals surface area (Å²) in [7, 11) is 0. The highest BCUT2D eigenvalue weighted by Gasteiger charge is 2.20. The summed E-state index contributed by atoms with van der Waals surface area (Å²) in [6.07, 6.45) is 2.91. The highest BCUT2D eigenvalue weighted by Crippen LogP contribution is 2.30. The van der Waals surface area contributed by atoms with Crippen molar-refractivity contribution in [2.75, 3.05) is 5.32 Å². The highest BCUT2D eigenvalue weighted by molar-refractivity contribution is 6.35. The molecule has 4 rings (SSSR count). The van der Waals surface area contributed by atoms with Crippen LogP contribution in [-0.4, -0.2) is 26.6 Å². The van der Waals surface area contributed by atoms with Gasteiger partial charge in [0.1, 0.15) is 16.8 Å². The zero-order valence-corrected chi connectivity index (χ0v) is 18.2. The van der Waals surface area contributed by atoms with Crippen molar-refractivity contribution in [3.05, 3.63) is 74.6 Å². The van der Waals surface area contributed by atoms with Crippen LogP contribution in [0.2, 0.25) is 10.0 Å². The van der Waals surface area contributed by atoms with Crippen LogP contribution in [0.1, 0.15) is 17.3 Å². The van der Waals surface area contributed by atoms with Crippen molar-refractivity contribution >= 4 is 62.6 Å². The number of benzene rings is 2. The van der Waals surface area contributed by atoms with Crippen LogP contribution >= 0.6 is 23.2 Å². The summed E-state index contributed by atoms with van der Waals surface area (Å²) in [6, 6.07) is 8.30. The van der Waals surface area contributed by atoms with Crippen LogP contribution in [-0.2, 0) is 6.54 Å². The first-order valence-corrected chi connectivity index (χ1v) is 10.3. The third kappa shape index (κ3) is 3.86. The summed E-state index contributed by atoms with van der Waals surface area (Å²) < 4.78 is 1.70. The molecule has 0 aliphatic rings. The number of pyridine rings is 2. The van der Waals surface area contributed by atoms with Gasteiger partial charge in [0, 0.05) is 29.3 Å². The van der Waals surface area contributed by atoms with Crippen LogP contribution in [0.4, 0.5) is 10.5 Å². The number of hydrogen-bond acceptors (Lipinski definition) is 5. The zero-order chi connectivity index (χ0) is 23.0. The molecule has 3 amide bonds. The average Bonchev–Trinajstić information content (AvgIpc) is 2.77. The molecule has 2 heterocycles. The van der Waals surface area contributed by atoms with E-state index in [1.165, 1.54) is 30.6 Å². The van der Waals surface area contributed by atoms with Crippen LogP contribution in [0.5, 0.6) is 5.75 Å². The number of phenolic OH excluding ortho intramolecular Hbond substituents is 1. The molecule has 0 radical (unpaired) electrons. The Balaban J connectivity index is 1.74. The topological polar surface area (TPSA) is 113 Å². The van der Waals surface area contributed by atoms with E-state index in [4.69, 9.17) is 23.2 Å². The number of hydrogen-bond donors (Lipinski definition) is 3. The highest BCUT2D eigenvalue weighted by atomic mass is 35.5. The number of aromatic hydroxyl groups is 1. The molecule has 162 valence electrons. The summed E-state index contributed by atoms with van der Waals surface area (Å²) in [4.78, 5) is 42.3. The summed E-state index contributed by atoms with van der Waals surface area (Å²) in [5, 5.41) is 16.2. The predicted octanol–water partition coefficient (Wildman–Crippen LogP) is 4.54. The van der Waals surface area contributed by atoms with E-state index in [2.05, 4.69) is 15.6 Å². The van der Waals surface area contributed by atoms with E-state index in [1.54, 1.807) is 22.8 Å². The molecule has 0 aliphatic heterocycles. The van der Waals surface area contributed by atoms with Crippen LogP contribution in [0.25, 0.3) is 21.8 Å². The number of carbonyl (C=O) groups excluding carboxylic acids is 2. The summed E-state index contributed by atoms with van der Waals surface area (Å²) in [5.74, 6) is -1.08. The van der Waals surface area contributed by atoms with Crippen LogP contribution in [0.3, 0.4) is 0 Å². The Morgan fingerprint density at radius 2 is 1.94 bits per heavy atom. The fourth-order valence-electron chi connectivity index (χ4n) is 3.45. The molecule has 4 aromatic rings. The molecule has 0 fully saturated rings. The molecule has 2 aromatic heterocycles. The molecule has 0 aliphatic carbocycles. The Labute approximate surface area is 191 Å². The van der Waals surface area contributed by atoms with Gasteiger partial charge in [-0.25, -0.2) is 4.79 Å². The molecule has 8 nitrogen and oxygen atoms in total. The van der Waals surface area contributed by atoms with Crippen LogP contribution < -0.4 is 16.1 Å². The van der Waals surface area contributed by atoms with E-state index in [0.717, 1.165) is 0 Å². The first kappa shape index (κ1) is 21.6. The number of amides is 3. The van der Waals surface area contributed by atoms with Gasteiger partial charge < -0.3 is 15.0 Å². The van der Waals surface area contributed by atoms with Gasteiger partial charge in [0.2, 0.25) is 5.43 Å². The number of urea groups is 1. The minimum atomic E-state index is -0.902. The molecule has 0 atom stereocenters. The quantitative estimate of drug-likeness (QED) is 0.380. The van der Waals surface area contributed by atoms with Gasteiger partial charge >= 0.3 is 6.03 Å². The average molecular weight is 471 g/mol. The SMILES string of the molecule is CCn1cc(C(=O)NC(=O)Nc2cc(Cl)ccc2Cl)c(=O)c2cc(O)c3ncccc3c21. The number of aryl methyl sites for hydroxylation is 1. The number of nitrogens with one attached hydrogen (secondary N) is 2. The lowest BCUT2D eigenvalue weighted by Crippen LogP contribution is -2.37. The minimum absolute atomic E-state index is 0.135. The second-order valence-electron chi connectivity index (χ2n) is 6.88. The molecule has 32 heavy (non-hydrogen) atoms. The number of fused-ring (bicyclic) bond motifs is 3. The zero-order valence-electron chi connectivity index (χ0n) is 16.6. The number of anilines is 1. The lowest BCUT2D eigenvalue weighted by Gasteiger charge is -2.14. The van der Waals surface area contributed by atoms with Gasteiger partial charge in [0.15, 0.2) is 0 Å². The predicted molar refractivity (Wildman–Crippen MR) is 124 cm³/mol. The van der Waals surface area contributed by atoms with Crippen LogP contribution in [0, 0.1) is 0 Å². The van der Waals surface area contributed by atoms with E-state index < -0.39 is 17.4 Å². The van der Waals surface area contributed by atoms with Crippen molar-refractivity contribution < 1.29 is 14.7 Å². The second-order valence-corrected chi connectivity index (χ2v) is 7.73. The minimum Gasteiger partial charge on any atom is -0.506 e. The van der Waals surface area contributed by atoms with Crippen molar-refractivity contribution in [2.24, 2.45) is 0 Å². The van der Waals surface area contributed by atoms with Crippen molar-refractivity contribution in [3.63, 3.8) is 0 Å². The summed E-state index contributed by atoms with van der Waals surface area (Å²) in [6.45, 7) is 2.27. The van der Waals surface area contributed by atoms with Gasteiger partial charge in [0.05, 0.1) is 21.6 Å². The molecular weight excluding hydrogens is 455 g/mol. The number of phenols is 1. The Bertz CT molecular complexity index is 1470. The fraction of sp³-hybridized carbons (Fsp3) is 0.0909. The number of imide groups is 1. The first-order valence-electron chi connectivity index (χ1n) is 9.51. The monoisotopic (exact) mass is 470 g/mol. The molecule has 2 aromatic carbocycles. The Morgan fingerprint density at radius 1 is 1.16 bits per heavy atom. The second kappa shape index (κ2) is 8.49. The van der Waals surface area contributed by atoms with E-state index >= 15 is 0 Å². The van der Waals surface area contributed by atoms with Crippen molar-refractivity contribution in [1.82, 2.24) is 14.9 Å². The van der Waals surface area contributed by atoms with E-state index in [0.29, 0.717) is 28.0 Å². The van der Waals surface area contributed by atoms with Crippen molar-refractivity contribution in [2.45, 2.75) is 13.5 Å².